The molecule has 1 saturated carbocycles. The Kier molecular flexibility index (Phi) is 6.10. The first-order chi connectivity index (χ1) is 15.2. The van der Waals surface area contributed by atoms with Crippen LogP contribution in [0.4, 0.5) is 5.82 Å². The molecule has 1 aromatic heterocycles. The van der Waals surface area contributed by atoms with Gasteiger partial charge in [-0.05, 0) is 38.3 Å². The molecule has 1 saturated heterocycles. The molecule has 3 atom stereocenters. The van der Waals surface area contributed by atoms with Gasteiger partial charge >= 0.3 is 0 Å². The number of methoxy groups -OCH3 is 1. The molecule has 3 aliphatic rings. The summed E-state index contributed by atoms with van der Waals surface area (Å²) >= 11 is 0. The molecule has 3 unspecified atom stereocenters. The number of rotatable bonds is 5. The molecule has 31 heavy (non-hydrogen) atoms. The highest BCUT2D eigenvalue weighted by Crippen LogP contribution is 2.30. The lowest BCUT2D eigenvalue weighted by atomic mass is 9.92. The van der Waals surface area contributed by atoms with Crippen LogP contribution in [0, 0.1) is 0 Å². The number of piperidine rings is 1. The summed E-state index contributed by atoms with van der Waals surface area (Å²) in [7, 11) is 1.84. The molecule has 0 radical (unpaired) electrons. The quantitative estimate of drug-likeness (QED) is 0.792. The fourth-order valence-electron chi connectivity index (χ4n) is 5.24. The second-order valence-electron chi connectivity index (χ2n) is 9.26. The number of hydrogen-bond acceptors (Lipinski definition) is 6. The summed E-state index contributed by atoms with van der Waals surface area (Å²) in [6.07, 6.45) is 7.85. The van der Waals surface area contributed by atoms with Gasteiger partial charge in [-0.25, -0.2) is 9.98 Å². The van der Waals surface area contributed by atoms with Gasteiger partial charge in [-0.3, -0.25) is 0 Å². The molecule has 1 N–H and O–H groups in total. The van der Waals surface area contributed by atoms with Crippen LogP contribution in [-0.2, 0) is 9.47 Å². The summed E-state index contributed by atoms with van der Waals surface area (Å²) in [6, 6.07) is 11.7. The normalized spacial score (nSPS) is 27.4. The molecule has 6 heteroatoms. The van der Waals surface area contributed by atoms with Crippen molar-refractivity contribution in [2.24, 2.45) is 4.99 Å². The first-order valence-electron chi connectivity index (χ1n) is 11.9. The van der Waals surface area contributed by atoms with Gasteiger partial charge in [-0.1, -0.05) is 37.5 Å². The first kappa shape index (κ1) is 20.7. The minimum absolute atomic E-state index is 0.141. The molecule has 1 aliphatic carbocycles. The lowest BCUT2D eigenvalue weighted by Gasteiger charge is -2.41. The van der Waals surface area contributed by atoms with E-state index >= 15 is 0 Å². The molecule has 1 aromatic carbocycles. The van der Waals surface area contributed by atoms with Gasteiger partial charge < -0.3 is 19.7 Å². The van der Waals surface area contributed by atoms with E-state index < -0.39 is 0 Å². The number of hydrogen-bond donors (Lipinski definition) is 1. The van der Waals surface area contributed by atoms with Crippen molar-refractivity contribution >= 4 is 22.6 Å². The maximum atomic E-state index is 5.97. The molecule has 0 spiro atoms. The molecule has 0 bridgehead atoms. The lowest BCUT2D eigenvalue weighted by molar-refractivity contribution is 0.0534. The van der Waals surface area contributed by atoms with Gasteiger partial charge in [-0.2, -0.15) is 0 Å². The van der Waals surface area contributed by atoms with E-state index in [1.807, 2.05) is 13.2 Å². The molecule has 6 nitrogen and oxygen atoms in total. The van der Waals surface area contributed by atoms with Gasteiger partial charge in [0.25, 0.3) is 0 Å². The third-order valence-electron chi connectivity index (χ3n) is 6.95. The Hall–Kier alpha value is -2.18. The van der Waals surface area contributed by atoms with Crippen molar-refractivity contribution in [1.82, 2.24) is 10.3 Å². The number of nitrogens with zero attached hydrogens (tertiary/aromatic N) is 3. The van der Waals surface area contributed by atoms with Crippen LogP contribution in [0.25, 0.3) is 10.9 Å². The zero-order chi connectivity index (χ0) is 21.2. The standard InChI is InChI=1S/C25H34N4O2/c1-17-16-31-25(26-17)20-14-18-8-6-7-11-21(18)28-24(20)29-13-12-22(23(15-29)30-2)27-19-9-4-3-5-10-19/h6-8,11,14,17,19,22-23,27H,3-5,9-10,12-13,15-16H2,1-2H3. The predicted octanol–water partition coefficient (Wildman–Crippen LogP) is 3.92. The van der Waals surface area contributed by atoms with E-state index in [0.717, 1.165) is 47.7 Å². The van der Waals surface area contributed by atoms with Crippen molar-refractivity contribution in [3.63, 3.8) is 0 Å². The average molecular weight is 423 g/mol. The van der Waals surface area contributed by atoms with Crippen molar-refractivity contribution in [1.29, 1.82) is 0 Å². The number of ether oxygens (including phenoxy) is 2. The summed E-state index contributed by atoms with van der Waals surface area (Å²) in [5.74, 6) is 1.68. The van der Waals surface area contributed by atoms with Gasteiger partial charge in [0.05, 0.1) is 23.2 Å². The van der Waals surface area contributed by atoms with E-state index in [-0.39, 0.29) is 12.1 Å². The fraction of sp³-hybridized carbons (Fsp3) is 0.600. The van der Waals surface area contributed by atoms with Crippen molar-refractivity contribution in [3.05, 3.63) is 35.9 Å². The zero-order valence-electron chi connectivity index (χ0n) is 18.7. The number of fused-ring (bicyclic) bond motifs is 1. The highest BCUT2D eigenvalue weighted by molar-refractivity contribution is 6.03. The number of pyridine rings is 1. The Morgan fingerprint density at radius 1 is 1.13 bits per heavy atom. The van der Waals surface area contributed by atoms with Crippen molar-refractivity contribution in [2.45, 2.75) is 69.7 Å². The van der Waals surface area contributed by atoms with E-state index in [4.69, 9.17) is 19.5 Å². The molecule has 2 aliphatic heterocycles. The summed E-state index contributed by atoms with van der Waals surface area (Å²) in [5.41, 5.74) is 2.00. The second-order valence-corrected chi connectivity index (χ2v) is 9.26. The van der Waals surface area contributed by atoms with E-state index in [0.29, 0.717) is 18.7 Å². The fourth-order valence-corrected chi connectivity index (χ4v) is 5.24. The van der Waals surface area contributed by atoms with Crippen LogP contribution in [0.15, 0.2) is 35.3 Å². The minimum atomic E-state index is 0.141. The second kappa shape index (κ2) is 9.13. The minimum Gasteiger partial charge on any atom is -0.475 e. The van der Waals surface area contributed by atoms with Crippen molar-refractivity contribution in [2.75, 3.05) is 31.7 Å². The molecular weight excluding hydrogens is 388 g/mol. The zero-order valence-corrected chi connectivity index (χ0v) is 18.7. The Morgan fingerprint density at radius 3 is 2.74 bits per heavy atom. The van der Waals surface area contributed by atoms with Crippen LogP contribution in [0.1, 0.15) is 51.0 Å². The highest BCUT2D eigenvalue weighted by Gasteiger charge is 2.33. The van der Waals surface area contributed by atoms with E-state index in [1.165, 1.54) is 32.1 Å². The van der Waals surface area contributed by atoms with Gasteiger partial charge in [0, 0.05) is 37.7 Å². The van der Waals surface area contributed by atoms with Crippen LogP contribution in [0.3, 0.4) is 0 Å². The van der Waals surface area contributed by atoms with E-state index in [1.54, 1.807) is 0 Å². The number of nitrogens with one attached hydrogen (secondary N) is 1. The van der Waals surface area contributed by atoms with Crippen LogP contribution in [0.5, 0.6) is 0 Å². The summed E-state index contributed by atoms with van der Waals surface area (Å²) < 4.78 is 11.9. The summed E-state index contributed by atoms with van der Waals surface area (Å²) in [4.78, 5) is 12.2. The Bertz CT molecular complexity index is 940. The van der Waals surface area contributed by atoms with Crippen molar-refractivity contribution < 1.29 is 9.47 Å². The van der Waals surface area contributed by atoms with Gasteiger partial charge in [0.15, 0.2) is 0 Å². The Labute approximate surface area is 185 Å². The monoisotopic (exact) mass is 422 g/mol. The van der Waals surface area contributed by atoms with Gasteiger partial charge in [0.2, 0.25) is 5.90 Å². The number of benzene rings is 1. The largest absolute Gasteiger partial charge is 0.475 e. The van der Waals surface area contributed by atoms with Crippen LogP contribution < -0.4 is 10.2 Å². The highest BCUT2D eigenvalue weighted by atomic mass is 16.5. The van der Waals surface area contributed by atoms with E-state index in [9.17, 15) is 0 Å². The van der Waals surface area contributed by atoms with E-state index in [2.05, 4.69) is 41.4 Å². The number of anilines is 1. The lowest BCUT2D eigenvalue weighted by Crippen LogP contribution is -2.56. The number of aliphatic imine (C=N–C) groups is 1. The maximum absolute atomic E-state index is 5.97. The Balaban J connectivity index is 1.41. The van der Waals surface area contributed by atoms with Crippen LogP contribution >= 0.6 is 0 Å². The van der Waals surface area contributed by atoms with Crippen LogP contribution in [0.2, 0.25) is 0 Å². The first-order valence-corrected chi connectivity index (χ1v) is 11.9. The molecule has 166 valence electrons. The van der Waals surface area contributed by atoms with Gasteiger partial charge in [-0.15, -0.1) is 0 Å². The predicted molar refractivity (Wildman–Crippen MR) is 125 cm³/mol. The maximum Gasteiger partial charge on any atom is 0.220 e. The topological polar surface area (TPSA) is 59.0 Å². The SMILES string of the molecule is COC1CN(c2nc3ccccc3cc2C2=NC(C)CO2)CCC1NC1CCCCC1. The Morgan fingerprint density at radius 2 is 1.97 bits per heavy atom. The number of aromatic nitrogens is 1. The third kappa shape index (κ3) is 4.41. The van der Waals surface area contributed by atoms with Gasteiger partial charge in [0.1, 0.15) is 12.4 Å². The summed E-state index contributed by atoms with van der Waals surface area (Å²) in [6.45, 7) is 4.49. The smallest absolute Gasteiger partial charge is 0.220 e. The van der Waals surface area contributed by atoms with Crippen LogP contribution in [-0.4, -0.2) is 61.9 Å². The molecule has 5 rings (SSSR count). The number of para-hydroxylation sites is 1. The molecule has 0 amide bonds. The molecule has 3 heterocycles. The van der Waals surface area contributed by atoms with Crippen molar-refractivity contribution in [3.8, 4) is 0 Å². The molecule has 2 aromatic rings. The molecule has 2 fully saturated rings. The third-order valence-corrected chi connectivity index (χ3v) is 6.95. The molecular formula is C25H34N4O2. The summed E-state index contributed by atoms with van der Waals surface area (Å²) in [5, 5.41) is 5.03. The average Bonchev–Trinajstić information content (AvgIpc) is 3.25.